The second-order valence-corrected chi connectivity index (χ2v) is 5.13. The van der Waals surface area contributed by atoms with Gasteiger partial charge in [-0.1, -0.05) is 31.1 Å². The summed E-state index contributed by atoms with van der Waals surface area (Å²) in [5.41, 5.74) is 5.96. The zero-order valence-electron chi connectivity index (χ0n) is 11.9. The minimum absolute atomic E-state index is 0.154. The molecular weight excluding hydrogens is 269 g/mol. The van der Waals surface area contributed by atoms with Crippen molar-refractivity contribution in [3.63, 3.8) is 0 Å². The lowest BCUT2D eigenvalue weighted by Gasteiger charge is -2.22. The highest BCUT2D eigenvalue weighted by atomic mass is 19.1. The SMILES string of the molecule is NCC#Cc1ccc(NC(=O)NC2CCCCC2)c(F)c1. The van der Waals surface area contributed by atoms with Crippen molar-refractivity contribution in [2.45, 2.75) is 38.1 Å². The molecule has 1 saturated carbocycles. The number of hydrogen-bond acceptors (Lipinski definition) is 2. The van der Waals surface area contributed by atoms with Gasteiger partial charge in [-0.05, 0) is 31.0 Å². The molecule has 0 atom stereocenters. The molecule has 112 valence electrons. The molecule has 21 heavy (non-hydrogen) atoms. The van der Waals surface area contributed by atoms with Crippen molar-refractivity contribution in [1.82, 2.24) is 5.32 Å². The van der Waals surface area contributed by atoms with Crippen LogP contribution in [0, 0.1) is 17.7 Å². The Bertz CT molecular complexity index is 556. The molecule has 0 bridgehead atoms. The Kier molecular flexibility index (Phi) is 5.59. The average molecular weight is 289 g/mol. The summed E-state index contributed by atoms with van der Waals surface area (Å²) >= 11 is 0. The number of hydrogen-bond donors (Lipinski definition) is 3. The highest BCUT2D eigenvalue weighted by Gasteiger charge is 2.16. The molecule has 5 heteroatoms. The number of rotatable bonds is 2. The van der Waals surface area contributed by atoms with Gasteiger partial charge in [-0.2, -0.15) is 0 Å². The highest BCUT2D eigenvalue weighted by Crippen LogP contribution is 2.18. The summed E-state index contributed by atoms with van der Waals surface area (Å²) in [6, 6.07) is 4.29. The van der Waals surface area contributed by atoms with Crippen LogP contribution < -0.4 is 16.4 Å². The van der Waals surface area contributed by atoms with Crippen molar-refractivity contribution in [3.05, 3.63) is 29.6 Å². The maximum absolute atomic E-state index is 13.9. The maximum Gasteiger partial charge on any atom is 0.319 e. The van der Waals surface area contributed by atoms with Gasteiger partial charge >= 0.3 is 6.03 Å². The first-order chi connectivity index (χ1) is 10.2. The van der Waals surface area contributed by atoms with Crippen molar-refractivity contribution in [2.24, 2.45) is 5.73 Å². The first-order valence-electron chi connectivity index (χ1n) is 7.25. The van der Waals surface area contributed by atoms with Crippen molar-refractivity contribution in [3.8, 4) is 11.8 Å². The Hall–Kier alpha value is -2.06. The Morgan fingerprint density at radius 3 is 2.76 bits per heavy atom. The molecule has 0 aromatic heterocycles. The molecule has 1 fully saturated rings. The summed E-state index contributed by atoms with van der Waals surface area (Å²) in [6.07, 6.45) is 5.47. The molecule has 0 spiro atoms. The molecule has 0 radical (unpaired) electrons. The van der Waals surface area contributed by atoms with Gasteiger partial charge in [0.25, 0.3) is 0 Å². The van der Waals surface area contributed by atoms with E-state index in [9.17, 15) is 9.18 Å². The molecular formula is C16H20FN3O. The molecule has 4 N–H and O–H groups in total. The molecule has 2 amide bonds. The number of amides is 2. The van der Waals surface area contributed by atoms with Crippen LogP contribution >= 0.6 is 0 Å². The van der Waals surface area contributed by atoms with E-state index in [2.05, 4.69) is 22.5 Å². The molecule has 1 aliphatic carbocycles. The van der Waals surface area contributed by atoms with E-state index in [-0.39, 0.29) is 24.3 Å². The third-order valence-electron chi connectivity index (χ3n) is 3.49. The van der Waals surface area contributed by atoms with Crippen LogP contribution in [0.5, 0.6) is 0 Å². The number of nitrogens with one attached hydrogen (secondary N) is 2. The molecule has 1 aliphatic rings. The van der Waals surface area contributed by atoms with Crippen molar-refractivity contribution in [1.29, 1.82) is 0 Å². The third-order valence-corrected chi connectivity index (χ3v) is 3.49. The molecule has 0 heterocycles. The van der Waals surface area contributed by atoms with Crippen LogP contribution in [0.1, 0.15) is 37.7 Å². The van der Waals surface area contributed by atoms with Crippen LogP contribution in [0.25, 0.3) is 0 Å². The molecule has 0 aliphatic heterocycles. The summed E-state index contributed by atoms with van der Waals surface area (Å²) in [5.74, 6) is 4.90. The monoisotopic (exact) mass is 289 g/mol. The largest absolute Gasteiger partial charge is 0.335 e. The Morgan fingerprint density at radius 2 is 2.10 bits per heavy atom. The van der Waals surface area contributed by atoms with Crippen LogP contribution in [0.2, 0.25) is 0 Å². The van der Waals surface area contributed by atoms with E-state index >= 15 is 0 Å². The fraction of sp³-hybridized carbons (Fsp3) is 0.438. The normalized spacial score (nSPS) is 15.0. The fourth-order valence-corrected chi connectivity index (χ4v) is 2.44. The molecule has 1 aromatic carbocycles. The number of urea groups is 1. The van der Waals surface area contributed by atoms with Gasteiger partial charge in [0.2, 0.25) is 0 Å². The van der Waals surface area contributed by atoms with Gasteiger partial charge in [0.1, 0.15) is 5.82 Å². The van der Waals surface area contributed by atoms with E-state index in [0.29, 0.717) is 5.56 Å². The Morgan fingerprint density at radius 1 is 1.33 bits per heavy atom. The lowest BCUT2D eigenvalue weighted by molar-refractivity contribution is 0.244. The topological polar surface area (TPSA) is 67.1 Å². The quantitative estimate of drug-likeness (QED) is 0.733. The Labute approximate surface area is 124 Å². The zero-order chi connectivity index (χ0) is 15.1. The molecule has 0 saturated heterocycles. The van der Waals surface area contributed by atoms with Crippen molar-refractivity contribution < 1.29 is 9.18 Å². The molecule has 4 nitrogen and oxygen atoms in total. The zero-order valence-corrected chi connectivity index (χ0v) is 11.9. The van der Waals surface area contributed by atoms with E-state index in [1.54, 1.807) is 6.07 Å². The summed E-state index contributed by atoms with van der Waals surface area (Å²) in [7, 11) is 0. The van der Waals surface area contributed by atoms with Crippen molar-refractivity contribution >= 4 is 11.7 Å². The molecule has 1 aromatic rings. The van der Waals surface area contributed by atoms with Crippen LogP contribution in [-0.2, 0) is 0 Å². The van der Waals surface area contributed by atoms with E-state index in [1.165, 1.54) is 18.6 Å². The van der Waals surface area contributed by atoms with Gasteiger partial charge in [-0.3, -0.25) is 0 Å². The highest BCUT2D eigenvalue weighted by molar-refractivity contribution is 5.89. The first kappa shape index (κ1) is 15.3. The van der Waals surface area contributed by atoms with Crippen LogP contribution in [0.15, 0.2) is 18.2 Å². The minimum atomic E-state index is -0.502. The predicted molar refractivity (Wildman–Crippen MR) is 81.4 cm³/mol. The van der Waals surface area contributed by atoms with E-state index in [0.717, 1.165) is 25.7 Å². The fourth-order valence-electron chi connectivity index (χ4n) is 2.44. The number of nitrogens with two attached hydrogens (primary N) is 1. The summed E-state index contributed by atoms with van der Waals surface area (Å²) in [6.45, 7) is 0.228. The van der Waals surface area contributed by atoms with Gasteiger partial charge in [0.15, 0.2) is 0 Å². The van der Waals surface area contributed by atoms with Crippen LogP contribution in [0.3, 0.4) is 0 Å². The van der Waals surface area contributed by atoms with Crippen molar-refractivity contribution in [2.75, 3.05) is 11.9 Å². The summed E-state index contributed by atoms with van der Waals surface area (Å²) in [4.78, 5) is 11.9. The van der Waals surface area contributed by atoms with E-state index < -0.39 is 5.82 Å². The van der Waals surface area contributed by atoms with Gasteiger partial charge < -0.3 is 16.4 Å². The lowest BCUT2D eigenvalue weighted by Crippen LogP contribution is -2.39. The van der Waals surface area contributed by atoms with Crippen LogP contribution in [-0.4, -0.2) is 18.6 Å². The summed E-state index contributed by atoms with van der Waals surface area (Å²) < 4.78 is 13.9. The van der Waals surface area contributed by atoms with Gasteiger partial charge in [0, 0.05) is 11.6 Å². The smallest absolute Gasteiger partial charge is 0.319 e. The molecule has 0 unspecified atom stereocenters. The number of halogens is 1. The average Bonchev–Trinajstić information content (AvgIpc) is 2.48. The standard InChI is InChI=1S/C16H20FN3O/c17-14-11-12(5-4-10-18)8-9-15(14)20-16(21)19-13-6-2-1-3-7-13/h8-9,11,13H,1-3,6-7,10,18H2,(H2,19,20,21). The maximum atomic E-state index is 13.9. The Balaban J connectivity index is 1.94. The van der Waals surface area contributed by atoms with Crippen LogP contribution in [0.4, 0.5) is 14.9 Å². The minimum Gasteiger partial charge on any atom is -0.335 e. The number of carbonyl (C=O) groups excluding carboxylic acids is 1. The number of carbonyl (C=O) groups is 1. The van der Waals surface area contributed by atoms with Gasteiger partial charge in [-0.15, -0.1) is 0 Å². The van der Waals surface area contributed by atoms with Gasteiger partial charge in [-0.25, -0.2) is 9.18 Å². The number of benzene rings is 1. The predicted octanol–water partition coefficient (Wildman–Crippen LogP) is 2.59. The lowest BCUT2D eigenvalue weighted by atomic mass is 9.96. The first-order valence-corrected chi connectivity index (χ1v) is 7.25. The van der Waals surface area contributed by atoms with Gasteiger partial charge in [0.05, 0.1) is 12.2 Å². The second-order valence-electron chi connectivity index (χ2n) is 5.13. The van der Waals surface area contributed by atoms with E-state index in [1.807, 2.05) is 0 Å². The van der Waals surface area contributed by atoms with E-state index in [4.69, 9.17) is 5.73 Å². The second kappa shape index (κ2) is 7.65. The number of anilines is 1. The molecule has 2 rings (SSSR count). The third kappa shape index (κ3) is 4.76. The summed E-state index contributed by atoms with van der Waals surface area (Å²) in [5, 5.41) is 5.43.